The molecule has 0 spiro atoms. The first-order valence-electron chi connectivity index (χ1n) is 7.50. The van der Waals surface area contributed by atoms with Crippen LogP contribution >= 0.6 is 0 Å². The van der Waals surface area contributed by atoms with Gasteiger partial charge in [0.2, 0.25) is 0 Å². The van der Waals surface area contributed by atoms with Gasteiger partial charge in [0.1, 0.15) is 11.8 Å². The quantitative estimate of drug-likeness (QED) is 0.870. The van der Waals surface area contributed by atoms with Gasteiger partial charge in [-0.05, 0) is 30.9 Å². The van der Waals surface area contributed by atoms with Gasteiger partial charge in [-0.25, -0.2) is 9.69 Å². The third-order valence-corrected chi connectivity index (χ3v) is 4.42. The van der Waals surface area contributed by atoms with Crippen molar-refractivity contribution < 1.29 is 14.3 Å². The molecule has 1 heterocycles. The van der Waals surface area contributed by atoms with Crippen molar-refractivity contribution in [3.8, 4) is 5.75 Å². The SMILES string of the molecule is COc1ccccc1N1C(=O)NC(C2CCCCC2)C1=O. The number of anilines is 1. The first-order chi connectivity index (χ1) is 10.2. The van der Waals surface area contributed by atoms with Gasteiger partial charge in [-0.15, -0.1) is 0 Å². The third kappa shape index (κ3) is 2.48. The molecule has 5 nitrogen and oxygen atoms in total. The normalized spacial score (nSPS) is 23.3. The molecule has 112 valence electrons. The lowest BCUT2D eigenvalue weighted by atomic mass is 9.84. The molecule has 1 saturated carbocycles. The molecule has 1 unspecified atom stereocenters. The van der Waals surface area contributed by atoms with E-state index in [1.165, 1.54) is 18.4 Å². The van der Waals surface area contributed by atoms with E-state index >= 15 is 0 Å². The summed E-state index contributed by atoms with van der Waals surface area (Å²) in [5, 5.41) is 2.86. The van der Waals surface area contributed by atoms with Crippen LogP contribution in [-0.2, 0) is 4.79 Å². The van der Waals surface area contributed by atoms with Crippen molar-refractivity contribution in [3.05, 3.63) is 24.3 Å². The summed E-state index contributed by atoms with van der Waals surface area (Å²) < 4.78 is 5.26. The van der Waals surface area contributed by atoms with Crippen LogP contribution in [0.25, 0.3) is 0 Å². The second-order valence-corrected chi connectivity index (χ2v) is 5.67. The molecule has 2 aliphatic rings. The van der Waals surface area contributed by atoms with Crippen molar-refractivity contribution in [2.75, 3.05) is 12.0 Å². The second-order valence-electron chi connectivity index (χ2n) is 5.67. The Kier molecular flexibility index (Phi) is 3.82. The minimum atomic E-state index is -0.386. The van der Waals surface area contributed by atoms with Crippen LogP contribution in [0.3, 0.4) is 0 Å². The largest absolute Gasteiger partial charge is 0.495 e. The molecule has 1 saturated heterocycles. The second kappa shape index (κ2) is 5.76. The Labute approximate surface area is 124 Å². The van der Waals surface area contributed by atoms with Crippen molar-refractivity contribution in [3.63, 3.8) is 0 Å². The average Bonchev–Trinajstić information content (AvgIpc) is 2.83. The topological polar surface area (TPSA) is 58.6 Å². The number of hydrogen-bond acceptors (Lipinski definition) is 3. The fraction of sp³-hybridized carbons (Fsp3) is 0.500. The van der Waals surface area contributed by atoms with Crippen LogP contribution in [0.15, 0.2) is 24.3 Å². The highest BCUT2D eigenvalue weighted by atomic mass is 16.5. The zero-order chi connectivity index (χ0) is 14.8. The first-order valence-corrected chi connectivity index (χ1v) is 7.50. The van der Waals surface area contributed by atoms with Crippen LogP contribution in [0, 0.1) is 5.92 Å². The van der Waals surface area contributed by atoms with Gasteiger partial charge in [0, 0.05) is 0 Å². The number of benzene rings is 1. The lowest BCUT2D eigenvalue weighted by molar-refractivity contribution is -0.119. The summed E-state index contributed by atoms with van der Waals surface area (Å²) in [6.45, 7) is 0. The summed E-state index contributed by atoms with van der Waals surface area (Å²) in [4.78, 5) is 26.1. The van der Waals surface area contributed by atoms with Crippen LogP contribution in [-0.4, -0.2) is 25.1 Å². The molecule has 0 aromatic heterocycles. The lowest BCUT2D eigenvalue weighted by Gasteiger charge is -2.25. The molecule has 21 heavy (non-hydrogen) atoms. The lowest BCUT2D eigenvalue weighted by Crippen LogP contribution is -2.38. The van der Waals surface area contributed by atoms with Gasteiger partial charge < -0.3 is 10.1 Å². The molecule has 0 bridgehead atoms. The molecule has 5 heteroatoms. The number of nitrogens with one attached hydrogen (secondary N) is 1. The predicted octanol–water partition coefficient (Wildman–Crippen LogP) is 2.70. The fourth-order valence-electron chi connectivity index (χ4n) is 3.33. The fourth-order valence-corrected chi connectivity index (χ4v) is 3.33. The molecule has 3 amide bonds. The summed E-state index contributed by atoms with van der Waals surface area (Å²) >= 11 is 0. The number of nitrogens with zero attached hydrogens (tertiary/aromatic N) is 1. The Balaban J connectivity index is 1.86. The van der Waals surface area contributed by atoms with E-state index in [4.69, 9.17) is 4.74 Å². The van der Waals surface area contributed by atoms with Crippen molar-refractivity contribution in [1.82, 2.24) is 5.32 Å². The van der Waals surface area contributed by atoms with E-state index in [0.717, 1.165) is 25.7 Å². The van der Waals surface area contributed by atoms with Crippen molar-refractivity contribution in [1.29, 1.82) is 0 Å². The van der Waals surface area contributed by atoms with E-state index in [1.54, 1.807) is 18.2 Å². The number of hydrogen-bond donors (Lipinski definition) is 1. The summed E-state index contributed by atoms with van der Waals surface area (Å²) in [6, 6.07) is 6.37. The molecule has 2 fully saturated rings. The summed E-state index contributed by atoms with van der Waals surface area (Å²) in [7, 11) is 1.54. The van der Waals surface area contributed by atoms with Crippen molar-refractivity contribution in [2.45, 2.75) is 38.1 Å². The zero-order valence-corrected chi connectivity index (χ0v) is 12.2. The number of imide groups is 1. The molecule has 3 rings (SSSR count). The molecular weight excluding hydrogens is 268 g/mol. The van der Waals surface area contributed by atoms with E-state index in [9.17, 15) is 9.59 Å². The third-order valence-electron chi connectivity index (χ3n) is 4.42. The predicted molar refractivity (Wildman–Crippen MR) is 79.4 cm³/mol. The number of methoxy groups -OCH3 is 1. The van der Waals surface area contributed by atoms with Gasteiger partial charge in [0.15, 0.2) is 0 Å². The maximum Gasteiger partial charge on any atom is 0.329 e. The molecule has 1 aromatic carbocycles. The molecule has 1 aromatic rings. The average molecular weight is 288 g/mol. The van der Waals surface area contributed by atoms with Gasteiger partial charge in [0.25, 0.3) is 5.91 Å². The Hall–Kier alpha value is -2.04. The number of carbonyl (C=O) groups excluding carboxylic acids is 2. The van der Waals surface area contributed by atoms with Crippen LogP contribution in [0.5, 0.6) is 5.75 Å². The molecule has 1 aliphatic carbocycles. The van der Waals surface area contributed by atoms with E-state index in [2.05, 4.69) is 5.32 Å². The number of urea groups is 1. The highest BCUT2D eigenvalue weighted by Crippen LogP contribution is 2.34. The highest BCUT2D eigenvalue weighted by molar-refractivity contribution is 6.22. The standard InChI is InChI=1S/C16H20N2O3/c1-21-13-10-6-5-9-12(13)18-15(19)14(17-16(18)20)11-7-3-2-4-8-11/h5-6,9-11,14H,2-4,7-8H2,1H3,(H,17,20). The number of carbonyl (C=O) groups is 2. The minimum Gasteiger partial charge on any atom is -0.495 e. The van der Waals surface area contributed by atoms with Gasteiger partial charge in [-0.3, -0.25) is 4.79 Å². The van der Waals surface area contributed by atoms with E-state index in [-0.39, 0.29) is 23.9 Å². The monoisotopic (exact) mass is 288 g/mol. The van der Waals surface area contributed by atoms with Gasteiger partial charge in [0.05, 0.1) is 12.8 Å². The summed E-state index contributed by atoms with van der Waals surface area (Å²) in [5.74, 6) is 0.636. The minimum absolute atomic E-state index is 0.156. The van der Waals surface area contributed by atoms with E-state index in [1.807, 2.05) is 6.07 Å². The Morgan fingerprint density at radius 1 is 1.14 bits per heavy atom. The van der Waals surface area contributed by atoms with E-state index in [0.29, 0.717) is 11.4 Å². The van der Waals surface area contributed by atoms with Gasteiger partial charge in [-0.1, -0.05) is 31.4 Å². The highest BCUT2D eigenvalue weighted by Gasteiger charge is 2.44. The van der Waals surface area contributed by atoms with Gasteiger partial charge >= 0.3 is 6.03 Å². The van der Waals surface area contributed by atoms with Crippen molar-refractivity contribution in [2.24, 2.45) is 5.92 Å². The smallest absolute Gasteiger partial charge is 0.329 e. The molecular formula is C16H20N2O3. The molecule has 1 aliphatic heterocycles. The van der Waals surface area contributed by atoms with E-state index < -0.39 is 0 Å². The first kappa shape index (κ1) is 13.9. The summed E-state index contributed by atoms with van der Waals surface area (Å²) in [5.41, 5.74) is 0.515. The Bertz CT molecular complexity index is 552. The van der Waals surface area contributed by atoms with Crippen LogP contribution in [0.4, 0.5) is 10.5 Å². The molecule has 0 radical (unpaired) electrons. The van der Waals surface area contributed by atoms with Gasteiger partial charge in [-0.2, -0.15) is 0 Å². The zero-order valence-electron chi connectivity index (χ0n) is 12.2. The number of para-hydroxylation sites is 2. The molecule has 1 N–H and O–H groups in total. The maximum atomic E-state index is 12.7. The Morgan fingerprint density at radius 2 is 1.86 bits per heavy atom. The number of rotatable bonds is 3. The van der Waals surface area contributed by atoms with Crippen molar-refractivity contribution >= 4 is 17.6 Å². The maximum absolute atomic E-state index is 12.7. The van der Waals surface area contributed by atoms with Crippen LogP contribution < -0.4 is 15.0 Å². The summed E-state index contributed by atoms with van der Waals surface area (Å²) in [6.07, 6.45) is 5.52. The van der Waals surface area contributed by atoms with Crippen LogP contribution in [0.2, 0.25) is 0 Å². The number of amides is 3. The Morgan fingerprint density at radius 3 is 2.57 bits per heavy atom. The molecule has 1 atom stereocenters. The number of ether oxygens (including phenoxy) is 1. The van der Waals surface area contributed by atoms with Crippen LogP contribution in [0.1, 0.15) is 32.1 Å².